The summed E-state index contributed by atoms with van der Waals surface area (Å²) < 4.78 is 6.38. The number of carboxylic acids is 1. The fourth-order valence-electron chi connectivity index (χ4n) is 5.82. The fraction of sp³-hybridized carbons (Fsp3) is 0.345. The van der Waals surface area contributed by atoms with E-state index in [1.165, 1.54) is 18.0 Å². The van der Waals surface area contributed by atoms with Crippen LogP contribution in [-0.4, -0.2) is 52.3 Å². The monoisotopic (exact) mass is 558 g/mol. The Morgan fingerprint density at radius 1 is 1.15 bits per heavy atom. The van der Waals surface area contributed by atoms with Crippen molar-refractivity contribution in [2.75, 3.05) is 0 Å². The SMILES string of the molecule is Cc1nnsc1-c1nc2cc(C(=O)N[C@@H](Cc3c(C)[nH]c4ccc(O)cc34)C(=O)O)ccc2n1C1CCCCC1. The highest BCUT2D eigenvalue weighted by Crippen LogP contribution is 2.37. The van der Waals surface area contributed by atoms with Gasteiger partial charge in [0, 0.05) is 34.6 Å². The molecular formula is C29H30N6O4S. The number of aryl methyl sites for hydroxylation is 2. The number of carboxylic acid groups (broad SMARTS) is 1. The predicted octanol–water partition coefficient (Wildman–Crippen LogP) is 5.29. The van der Waals surface area contributed by atoms with Gasteiger partial charge in [0.15, 0.2) is 5.82 Å². The maximum Gasteiger partial charge on any atom is 0.326 e. The molecule has 4 N–H and O–H groups in total. The molecule has 3 aromatic heterocycles. The lowest BCUT2D eigenvalue weighted by molar-refractivity contribution is -0.139. The van der Waals surface area contributed by atoms with E-state index in [2.05, 4.69) is 24.5 Å². The first kappa shape index (κ1) is 26.0. The number of amides is 1. The summed E-state index contributed by atoms with van der Waals surface area (Å²) in [5, 5.41) is 27.5. The number of phenolic OH excluding ortho intramolecular Hbond substituents is 1. The zero-order valence-corrected chi connectivity index (χ0v) is 23.1. The lowest BCUT2D eigenvalue weighted by atomic mass is 9.95. The van der Waals surface area contributed by atoms with Crippen molar-refractivity contribution < 1.29 is 19.8 Å². The first-order valence-corrected chi connectivity index (χ1v) is 14.2. The van der Waals surface area contributed by atoms with E-state index >= 15 is 0 Å². The van der Waals surface area contributed by atoms with Crippen molar-refractivity contribution in [3.05, 3.63) is 58.9 Å². The number of imidazole rings is 1. The van der Waals surface area contributed by atoms with Crippen LogP contribution in [-0.2, 0) is 11.2 Å². The summed E-state index contributed by atoms with van der Waals surface area (Å²) in [5.74, 6) is -0.721. The topological polar surface area (TPSA) is 146 Å². The molecule has 40 heavy (non-hydrogen) atoms. The highest BCUT2D eigenvalue weighted by molar-refractivity contribution is 7.09. The second-order valence-electron chi connectivity index (χ2n) is 10.5. The largest absolute Gasteiger partial charge is 0.508 e. The molecule has 11 heteroatoms. The summed E-state index contributed by atoms with van der Waals surface area (Å²) >= 11 is 1.32. The van der Waals surface area contributed by atoms with Gasteiger partial charge < -0.3 is 25.1 Å². The molecule has 0 radical (unpaired) electrons. The van der Waals surface area contributed by atoms with Gasteiger partial charge in [0.05, 0.1) is 16.7 Å². The molecule has 1 saturated carbocycles. The summed E-state index contributed by atoms with van der Waals surface area (Å²) in [5.41, 5.74) is 5.09. The molecular weight excluding hydrogens is 528 g/mol. The summed E-state index contributed by atoms with van der Waals surface area (Å²) in [6.45, 7) is 3.77. The number of rotatable bonds is 7. The van der Waals surface area contributed by atoms with Crippen molar-refractivity contribution in [3.8, 4) is 16.5 Å². The van der Waals surface area contributed by atoms with Crippen LogP contribution >= 0.6 is 11.5 Å². The average Bonchev–Trinajstić information content (AvgIpc) is 3.62. The number of nitrogens with zero attached hydrogens (tertiary/aromatic N) is 4. The second-order valence-corrected chi connectivity index (χ2v) is 11.3. The van der Waals surface area contributed by atoms with Crippen LogP contribution in [0.5, 0.6) is 5.75 Å². The van der Waals surface area contributed by atoms with E-state index in [0.717, 1.165) is 69.8 Å². The van der Waals surface area contributed by atoms with E-state index in [1.807, 2.05) is 19.9 Å². The molecule has 3 heterocycles. The highest BCUT2D eigenvalue weighted by atomic mass is 32.1. The van der Waals surface area contributed by atoms with Gasteiger partial charge in [-0.1, -0.05) is 23.8 Å². The second kappa shape index (κ2) is 10.4. The molecule has 206 valence electrons. The molecule has 1 aliphatic rings. The summed E-state index contributed by atoms with van der Waals surface area (Å²) in [6.07, 6.45) is 5.76. The first-order valence-electron chi connectivity index (χ1n) is 13.5. The lowest BCUT2D eigenvalue weighted by Gasteiger charge is -2.25. The van der Waals surface area contributed by atoms with Gasteiger partial charge >= 0.3 is 5.97 Å². The van der Waals surface area contributed by atoms with E-state index in [9.17, 15) is 19.8 Å². The average molecular weight is 559 g/mol. The number of hydrogen-bond donors (Lipinski definition) is 4. The van der Waals surface area contributed by atoms with E-state index in [0.29, 0.717) is 17.1 Å². The quantitative estimate of drug-likeness (QED) is 0.212. The number of carbonyl (C=O) groups excluding carboxylic acids is 1. The fourth-order valence-corrected chi connectivity index (χ4v) is 6.47. The van der Waals surface area contributed by atoms with Crippen LogP contribution in [0.3, 0.4) is 0 Å². The van der Waals surface area contributed by atoms with Gasteiger partial charge in [-0.3, -0.25) is 4.79 Å². The molecule has 0 spiro atoms. The van der Waals surface area contributed by atoms with Gasteiger partial charge in [-0.15, -0.1) is 5.10 Å². The molecule has 1 atom stereocenters. The Bertz CT molecular complexity index is 1750. The van der Waals surface area contributed by atoms with Gasteiger partial charge in [-0.05, 0) is 80.2 Å². The number of hydrogen-bond acceptors (Lipinski definition) is 7. The van der Waals surface area contributed by atoms with Crippen LogP contribution in [0.2, 0.25) is 0 Å². The maximum atomic E-state index is 13.3. The van der Waals surface area contributed by atoms with Crippen molar-refractivity contribution in [1.29, 1.82) is 0 Å². The van der Waals surface area contributed by atoms with Crippen molar-refractivity contribution in [2.24, 2.45) is 0 Å². The van der Waals surface area contributed by atoms with Gasteiger partial charge in [0.2, 0.25) is 0 Å². The van der Waals surface area contributed by atoms with Crippen LogP contribution in [0, 0.1) is 13.8 Å². The number of H-pyrrole nitrogens is 1. The normalized spacial score (nSPS) is 15.1. The standard InChI is InChI=1S/C29H30N6O4S/c1-15-20(21-13-19(36)9-10-22(21)30-15)14-24(29(38)39)32-28(37)17-8-11-25-23(12-17)31-27(26-16(2)33-34-40-26)35(25)18-6-4-3-5-7-18/h8-13,18,24,30,36H,3-7,14H2,1-2H3,(H,32,37)(H,38,39)/t24-/m0/s1. The van der Waals surface area contributed by atoms with Gasteiger partial charge in [-0.25, -0.2) is 9.78 Å². The van der Waals surface area contributed by atoms with Crippen molar-refractivity contribution in [3.63, 3.8) is 0 Å². The van der Waals surface area contributed by atoms with Crippen molar-refractivity contribution in [2.45, 2.75) is 64.5 Å². The third kappa shape index (κ3) is 4.70. The van der Waals surface area contributed by atoms with Crippen LogP contribution in [0.1, 0.15) is 65.5 Å². The van der Waals surface area contributed by atoms with E-state index < -0.39 is 17.9 Å². The summed E-state index contributed by atoms with van der Waals surface area (Å²) in [7, 11) is 0. The molecule has 1 aliphatic carbocycles. The van der Waals surface area contributed by atoms with E-state index in [1.54, 1.807) is 30.3 Å². The molecule has 10 nitrogen and oxygen atoms in total. The van der Waals surface area contributed by atoms with E-state index in [4.69, 9.17) is 4.98 Å². The molecule has 5 aromatic rings. The summed E-state index contributed by atoms with van der Waals surface area (Å²) in [4.78, 5) is 34.6. The minimum atomic E-state index is -1.16. The number of nitrogens with one attached hydrogen (secondary N) is 2. The molecule has 0 saturated heterocycles. The Balaban J connectivity index is 1.32. The number of carbonyl (C=O) groups is 2. The van der Waals surface area contributed by atoms with Crippen molar-refractivity contribution in [1.82, 2.24) is 29.4 Å². The van der Waals surface area contributed by atoms with Crippen LogP contribution in [0.15, 0.2) is 36.4 Å². The molecule has 2 aromatic carbocycles. The maximum absolute atomic E-state index is 13.3. The first-order chi connectivity index (χ1) is 19.3. The van der Waals surface area contributed by atoms with Crippen LogP contribution in [0.4, 0.5) is 0 Å². The number of aromatic amines is 1. The van der Waals surface area contributed by atoms with Crippen LogP contribution in [0.25, 0.3) is 32.6 Å². The lowest BCUT2D eigenvalue weighted by Crippen LogP contribution is -2.42. The number of aromatic nitrogens is 5. The van der Waals surface area contributed by atoms with Gasteiger partial charge in [-0.2, -0.15) is 0 Å². The third-order valence-electron chi connectivity index (χ3n) is 7.86. The number of benzene rings is 2. The minimum absolute atomic E-state index is 0.0662. The summed E-state index contributed by atoms with van der Waals surface area (Å²) in [6, 6.07) is 9.43. The smallest absolute Gasteiger partial charge is 0.326 e. The van der Waals surface area contributed by atoms with Crippen LogP contribution < -0.4 is 5.32 Å². The Morgan fingerprint density at radius 3 is 2.67 bits per heavy atom. The number of aromatic hydroxyl groups is 1. The Morgan fingerprint density at radius 2 is 1.95 bits per heavy atom. The van der Waals surface area contributed by atoms with Gasteiger partial charge in [0.1, 0.15) is 16.7 Å². The molecule has 0 aliphatic heterocycles. The third-order valence-corrected chi connectivity index (χ3v) is 8.68. The Kier molecular flexibility index (Phi) is 6.75. The molecule has 0 bridgehead atoms. The van der Waals surface area contributed by atoms with Gasteiger partial charge in [0.25, 0.3) is 5.91 Å². The van der Waals surface area contributed by atoms with E-state index in [-0.39, 0.29) is 12.2 Å². The zero-order chi connectivity index (χ0) is 28.0. The number of aliphatic carboxylic acids is 1. The Labute approximate surface area is 234 Å². The minimum Gasteiger partial charge on any atom is -0.508 e. The number of phenols is 1. The number of fused-ring (bicyclic) bond motifs is 2. The predicted molar refractivity (Wildman–Crippen MR) is 153 cm³/mol. The van der Waals surface area contributed by atoms with Crippen molar-refractivity contribution >= 4 is 45.3 Å². The molecule has 0 unspecified atom stereocenters. The zero-order valence-electron chi connectivity index (χ0n) is 22.3. The molecule has 1 amide bonds. The molecule has 1 fully saturated rings. The molecule has 6 rings (SSSR count). The highest BCUT2D eigenvalue weighted by Gasteiger charge is 2.27. The Hall–Kier alpha value is -4.25.